The maximum atomic E-state index is 13.5. The highest BCUT2D eigenvalue weighted by atomic mass is 16.6. The van der Waals surface area contributed by atoms with Gasteiger partial charge in [-0.3, -0.25) is 14.9 Å². The molecule has 0 heterocycles. The number of carbonyl (C=O) groups is 2. The van der Waals surface area contributed by atoms with Crippen LogP contribution < -0.4 is 16.4 Å². The topological polar surface area (TPSA) is 213 Å². The van der Waals surface area contributed by atoms with Crippen molar-refractivity contribution in [3.63, 3.8) is 0 Å². The van der Waals surface area contributed by atoms with E-state index in [4.69, 9.17) is 20.3 Å². The number of nitrogens with one attached hydrogen (secondary N) is 2. The monoisotopic (exact) mass is 621 g/mol. The maximum absolute atomic E-state index is 13.5. The number of hydrogen-bond acceptors (Lipinski definition) is 12. The number of carboxylic acids is 1. The predicted molar refractivity (Wildman–Crippen MR) is 166 cm³/mol. The van der Waals surface area contributed by atoms with Crippen molar-refractivity contribution in [3.8, 4) is 0 Å². The van der Waals surface area contributed by atoms with Crippen molar-refractivity contribution < 1.29 is 49.3 Å². The van der Waals surface area contributed by atoms with Gasteiger partial charge in [0.25, 0.3) is 0 Å². The number of aliphatic hydroxyl groups is 4. The minimum Gasteiger partial charge on any atom is -0.481 e. The number of ether oxygens (including phenoxy) is 3. The van der Waals surface area contributed by atoms with Crippen molar-refractivity contribution in [2.75, 3.05) is 26.9 Å². The lowest BCUT2D eigenvalue weighted by Gasteiger charge is -2.35. The number of aliphatic carboxylic acids is 1. The summed E-state index contributed by atoms with van der Waals surface area (Å²) in [5.74, 6) is -1.62. The van der Waals surface area contributed by atoms with E-state index in [-0.39, 0.29) is 25.2 Å². The number of hydrogen-bond donors (Lipinski definition) is 8. The van der Waals surface area contributed by atoms with Crippen LogP contribution in [0, 0.1) is 5.92 Å². The highest BCUT2D eigenvalue weighted by Gasteiger charge is 2.37. The first-order valence-corrected chi connectivity index (χ1v) is 15.3. The Labute approximate surface area is 258 Å². The smallest absolute Gasteiger partial charge is 0.303 e. The van der Waals surface area contributed by atoms with E-state index in [1.54, 1.807) is 6.92 Å². The van der Waals surface area contributed by atoms with Gasteiger partial charge in [-0.15, -0.1) is 0 Å². The third-order valence-corrected chi connectivity index (χ3v) is 8.06. The van der Waals surface area contributed by atoms with E-state index in [9.17, 15) is 30.0 Å². The molecule has 0 amide bonds. The molecule has 0 saturated heterocycles. The van der Waals surface area contributed by atoms with Crippen LogP contribution in [0.4, 0.5) is 0 Å². The van der Waals surface area contributed by atoms with Crippen LogP contribution in [0.1, 0.15) is 87.0 Å². The second-order valence-electron chi connectivity index (χ2n) is 12.9. The molecule has 0 aliphatic carbocycles. The summed E-state index contributed by atoms with van der Waals surface area (Å²) in [6.45, 7) is 14.0. The fraction of sp³-hybridized carbons (Fsp3) is 0.931. The number of Topliss-reactive ketones (excluding diaryl/α,β-unsaturated/α-hetero) is 1. The Bertz CT molecular complexity index is 821. The lowest BCUT2D eigenvalue weighted by Crippen LogP contribution is -2.59. The van der Waals surface area contributed by atoms with Crippen LogP contribution in [0.3, 0.4) is 0 Å². The zero-order valence-corrected chi connectivity index (χ0v) is 27.8. The van der Waals surface area contributed by atoms with Gasteiger partial charge >= 0.3 is 5.97 Å². The molecule has 0 saturated carbocycles. The zero-order chi connectivity index (χ0) is 33.6. The zero-order valence-electron chi connectivity index (χ0n) is 27.8. The van der Waals surface area contributed by atoms with E-state index in [0.29, 0.717) is 38.8 Å². The Kier molecular flexibility index (Phi) is 18.8. The Hall–Kier alpha value is -1.20. The fourth-order valence-corrected chi connectivity index (χ4v) is 4.36. The van der Waals surface area contributed by atoms with E-state index >= 15 is 0 Å². The predicted octanol–water partition coefficient (Wildman–Crippen LogP) is -0.543. The molecule has 14 heteroatoms. The van der Waals surface area contributed by atoms with Crippen molar-refractivity contribution >= 4 is 19.6 Å². The molecule has 9 atom stereocenters. The first-order chi connectivity index (χ1) is 19.8. The molecule has 0 bridgehead atoms. The average Bonchev–Trinajstić information content (AvgIpc) is 2.95. The van der Waals surface area contributed by atoms with E-state index in [1.807, 2.05) is 49.4 Å². The molecule has 0 spiro atoms. The summed E-state index contributed by atoms with van der Waals surface area (Å²) in [6.07, 6.45) is -4.36. The summed E-state index contributed by atoms with van der Waals surface area (Å²) in [6, 6.07) is -0.677. The molecule has 13 nitrogen and oxygen atoms in total. The lowest BCUT2D eigenvalue weighted by atomic mass is 9.79. The van der Waals surface area contributed by atoms with Crippen molar-refractivity contribution in [1.29, 1.82) is 0 Å². The molecular weight excluding hydrogens is 561 g/mol. The fourth-order valence-electron chi connectivity index (χ4n) is 4.36. The SMILES string of the molecule is BC(C)(CCNC(C)(CC)C(=O)C(CCC(=O)O)NC(N)CC)OCCC(C)(C)OCC(C)C(O)C(O)C(O)C(O)OC. The van der Waals surface area contributed by atoms with Gasteiger partial charge in [-0.1, -0.05) is 20.8 Å². The summed E-state index contributed by atoms with van der Waals surface area (Å²) in [4.78, 5) is 24.6. The van der Waals surface area contributed by atoms with Crippen LogP contribution in [0.25, 0.3) is 0 Å². The molecule has 43 heavy (non-hydrogen) atoms. The van der Waals surface area contributed by atoms with Crippen LogP contribution in [0.15, 0.2) is 0 Å². The van der Waals surface area contributed by atoms with Gasteiger partial charge in [0.05, 0.1) is 36.1 Å². The number of carboxylic acid groups (broad SMARTS) is 1. The largest absolute Gasteiger partial charge is 0.481 e. The van der Waals surface area contributed by atoms with Crippen molar-refractivity contribution in [2.45, 2.75) is 140 Å². The van der Waals surface area contributed by atoms with Gasteiger partial charge < -0.3 is 50.8 Å². The van der Waals surface area contributed by atoms with E-state index in [1.165, 1.54) is 7.11 Å². The van der Waals surface area contributed by atoms with Crippen LogP contribution in [0.5, 0.6) is 0 Å². The lowest BCUT2D eigenvalue weighted by molar-refractivity contribution is -0.198. The van der Waals surface area contributed by atoms with Crippen LogP contribution >= 0.6 is 0 Å². The summed E-state index contributed by atoms with van der Waals surface area (Å²) in [5, 5.41) is 55.5. The molecule has 0 aromatic carbocycles. The molecule has 0 rings (SSSR count). The number of nitrogens with two attached hydrogens (primary N) is 1. The number of methoxy groups -OCH3 is 1. The summed E-state index contributed by atoms with van der Waals surface area (Å²) in [5.41, 5.74) is 4.02. The summed E-state index contributed by atoms with van der Waals surface area (Å²) >= 11 is 0. The van der Waals surface area contributed by atoms with Crippen molar-refractivity contribution in [3.05, 3.63) is 0 Å². The maximum Gasteiger partial charge on any atom is 0.303 e. The number of aliphatic hydroxyl groups excluding tert-OH is 4. The molecule has 0 aromatic heterocycles. The van der Waals surface area contributed by atoms with E-state index < -0.39 is 65.3 Å². The van der Waals surface area contributed by atoms with Crippen LogP contribution in [-0.4, -0.2) is 125 Å². The van der Waals surface area contributed by atoms with Crippen molar-refractivity contribution in [2.24, 2.45) is 11.7 Å². The minimum atomic E-state index is -1.66. The minimum absolute atomic E-state index is 0.101. The molecule has 0 aromatic rings. The molecule has 0 aliphatic rings. The molecule has 9 N–H and O–H groups in total. The van der Waals surface area contributed by atoms with E-state index in [2.05, 4.69) is 15.4 Å². The van der Waals surface area contributed by atoms with E-state index in [0.717, 1.165) is 0 Å². The molecular formula is C29H60BN3O10. The summed E-state index contributed by atoms with van der Waals surface area (Å²) in [7, 11) is 3.14. The first-order valence-electron chi connectivity index (χ1n) is 15.3. The van der Waals surface area contributed by atoms with Gasteiger partial charge in [-0.25, -0.2) is 0 Å². The number of carbonyl (C=O) groups excluding carboxylic acids is 1. The van der Waals surface area contributed by atoms with Crippen molar-refractivity contribution in [1.82, 2.24) is 10.6 Å². The van der Waals surface area contributed by atoms with Gasteiger partial charge in [0.1, 0.15) is 20.1 Å². The number of rotatable bonds is 25. The Morgan fingerprint density at radius 1 is 0.977 bits per heavy atom. The molecule has 0 aliphatic heterocycles. The Balaban J connectivity index is 4.91. The second-order valence-corrected chi connectivity index (χ2v) is 12.9. The Morgan fingerprint density at radius 2 is 1.58 bits per heavy atom. The first kappa shape index (κ1) is 41.8. The molecule has 0 fully saturated rings. The highest BCUT2D eigenvalue weighted by molar-refractivity contribution is 6.14. The molecule has 0 radical (unpaired) electrons. The average molecular weight is 622 g/mol. The third kappa shape index (κ3) is 15.6. The van der Waals surface area contributed by atoms with Gasteiger partial charge in [-0.05, 0) is 66.3 Å². The Morgan fingerprint density at radius 3 is 2.09 bits per heavy atom. The molecule has 254 valence electrons. The summed E-state index contributed by atoms with van der Waals surface area (Å²) < 4.78 is 16.7. The quantitative estimate of drug-likeness (QED) is 0.0476. The molecule has 9 unspecified atom stereocenters. The van der Waals surface area contributed by atoms with Gasteiger partial charge in [0.15, 0.2) is 12.1 Å². The third-order valence-electron chi connectivity index (χ3n) is 8.06. The standard InChI is InChI=1S/C29H60BN3O10/c1-9-20(31)33-19(11-12-21(34)35)25(39)28(6,10-2)32-15-13-29(7,30)42-16-14-27(4,5)43-17-18(3)22(36)23(37)24(38)26(40)41-8/h18-20,22-24,26,32-33,36-38,40H,9-17,30-31H2,1-8H3,(H,34,35). The van der Waals surface area contributed by atoms with Crippen LogP contribution in [0.2, 0.25) is 0 Å². The second kappa shape index (κ2) is 19.3. The number of ketones is 1. The van der Waals surface area contributed by atoms with Gasteiger partial charge in [0.2, 0.25) is 0 Å². The van der Waals surface area contributed by atoms with Gasteiger partial charge in [0, 0.05) is 31.6 Å². The van der Waals surface area contributed by atoms with Crippen LogP contribution in [-0.2, 0) is 23.8 Å². The van der Waals surface area contributed by atoms with Gasteiger partial charge in [-0.2, -0.15) is 0 Å². The highest BCUT2D eigenvalue weighted by Crippen LogP contribution is 2.22. The normalized spacial score (nSPS) is 20.2.